The van der Waals surface area contributed by atoms with Crippen LogP contribution in [0.15, 0.2) is 12.3 Å². The summed E-state index contributed by atoms with van der Waals surface area (Å²) in [6.07, 6.45) is 1.10. The lowest BCUT2D eigenvalue weighted by atomic mass is 9.91. The third-order valence-corrected chi connectivity index (χ3v) is 1.72. The average Bonchev–Trinajstić information content (AvgIpc) is 1.64. The fraction of sp³-hybridized carbons (Fsp3) is 0.750. The summed E-state index contributed by atoms with van der Waals surface area (Å²) in [5.41, 5.74) is 6.38. The summed E-state index contributed by atoms with van der Waals surface area (Å²) in [7, 11) is 0. The van der Waals surface area contributed by atoms with Crippen molar-refractivity contribution in [3.8, 4) is 0 Å². The highest BCUT2D eigenvalue weighted by atomic mass is 14.6. The van der Waals surface area contributed by atoms with E-state index in [1.165, 1.54) is 0 Å². The molecule has 0 heterocycles. The molecule has 1 heteroatoms. The number of rotatable bonds is 3. The van der Waals surface area contributed by atoms with Crippen LogP contribution in [0.2, 0.25) is 0 Å². The number of allylic oxidation sites excluding steroid dienone is 1. The molecule has 1 unspecified atom stereocenters. The van der Waals surface area contributed by atoms with Gasteiger partial charge in [-0.05, 0) is 18.3 Å². The third-order valence-electron chi connectivity index (χ3n) is 1.72. The molecule has 0 aliphatic carbocycles. The van der Waals surface area contributed by atoms with Gasteiger partial charge in [-0.25, -0.2) is 0 Å². The first-order valence-corrected chi connectivity index (χ1v) is 3.53. The quantitative estimate of drug-likeness (QED) is 0.617. The lowest BCUT2D eigenvalue weighted by molar-refractivity contribution is 0.428. The monoisotopic (exact) mass is 127 g/mol. The summed E-state index contributed by atoms with van der Waals surface area (Å²) in [5, 5.41) is 0. The van der Waals surface area contributed by atoms with Gasteiger partial charge in [-0.15, -0.1) is 0 Å². The Hall–Kier alpha value is -0.460. The summed E-state index contributed by atoms with van der Waals surface area (Å²) < 4.78 is 0. The molecule has 0 spiro atoms. The van der Waals surface area contributed by atoms with E-state index < -0.39 is 0 Å². The van der Waals surface area contributed by atoms with Gasteiger partial charge in [0.25, 0.3) is 0 Å². The summed E-state index contributed by atoms with van der Waals surface area (Å²) in [5.74, 6) is 1.14. The molecule has 0 aliphatic rings. The maximum absolute atomic E-state index is 5.55. The van der Waals surface area contributed by atoms with Crippen LogP contribution in [0.25, 0.3) is 0 Å². The van der Waals surface area contributed by atoms with Crippen LogP contribution in [0.5, 0.6) is 0 Å². The van der Waals surface area contributed by atoms with E-state index in [4.69, 9.17) is 5.73 Å². The molecule has 0 amide bonds. The van der Waals surface area contributed by atoms with Gasteiger partial charge in [0.05, 0.1) is 0 Å². The Morgan fingerprint density at radius 1 is 1.56 bits per heavy atom. The molecule has 1 nitrogen and oxygen atoms in total. The van der Waals surface area contributed by atoms with Gasteiger partial charge in [-0.1, -0.05) is 27.4 Å². The smallest absolute Gasteiger partial charge is 0.00414 e. The first-order chi connectivity index (χ1) is 4.09. The van der Waals surface area contributed by atoms with Gasteiger partial charge in [-0.3, -0.25) is 0 Å². The first kappa shape index (κ1) is 8.54. The van der Waals surface area contributed by atoms with Crippen LogP contribution in [-0.2, 0) is 0 Å². The highest BCUT2D eigenvalue weighted by Gasteiger charge is 2.10. The van der Waals surface area contributed by atoms with Crippen molar-refractivity contribution in [2.45, 2.75) is 27.2 Å². The molecular weight excluding hydrogens is 110 g/mol. The van der Waals surface area contributed by atoms with E-state index in [1.807, 2.05) is 0 Å². The standard InChI is InChI=1S/C8H17N/c1-5-8(6(2)3)7(4)9/h6,8H,4-5,9H2,1-3H3. The summed E-state index contributed by atoms with van der Waals surface area (Å²) in [6, 6.07) is 0. The molecular formula is C8H17N. The molecule has 54 valence electrons. The fourth-order valence-corrected chi connectivity index (χ4v) is 1.16. The molecule has 2 N–H and O–H groups in total. The van der Waals surface area contributed by atoms with E-state index in [0.717, 1.165) is 12.1 Å². The van der Waals surface area contributed by atoms with E-state index in [1.54, 1.807) is 0 Å². The summed E-state index contributed by atoms with van der Waals surface area (Å²) in [6.45, 7) is 10.2. The van der Waals surface area contributed by atoms with Crippen molar-refractivity contribution in [2.75, 3.05) is 0 Å². The molecule has 0 fully saturated rings. The largest absolute Gasteiger partial charge is 0.402 e. The zero-order valence-corrected chi connectivity index (χ0v) is 6.65. The second kappa shape index (κ2) is 3.54. The van der Waals surface area contributed by atoms with E-state index in [-0.39, 0.29) is 0 Å². The second-order valence-corrected chi connectivity index (χ2v) is 2.83. The minimum absolute atomic E-state index is 0.505. The Bertz CT molecular complexity index is 94.7. The molecule has 0 radical (unpaired) electrons. The molecule has 0 rings (SSSR count). The Kier molecular flexibility index (Phi) is 3.36. The highest BCUT2D eigenvalue weighted by molar-refractivity contribution is 4.94. The second-order valence-electron chi connectivity index (χ2n) is 2.83. The predicted molar refractivity (Wildman–Crippen MR) is 41.9 cm³/mol. The minimum Gasteiger partial charge on any atom is -0.402 e. The molecule has 0 saturated heterocycles. The number of hydrogen-bond donors (Lipinski definition) is 1. The van der Waals surface area contributed by atoms with E-state index in [9.17, 15) is 0 Å². The van der Waals surface area contributed by atoms with Crippen molar-refractivity contribution in [3.63, 3.8) is 0 Å². The van der Waals surface area contributed by atoms with Crippen LogP contribution < -0.4 is 5.73 Å². The van der Waals surface area contributed by atoms with E-state index in [0.29, 0.717) is 11.8 Å². The molecule has 0 saturated carbocycles. The van der Waals surface area contributed by atoms with E-state index in [2.05, 4.69) is 27.4 Å². The summed E-state index contributed by atoms with van der Waals surface area (Å²) >= 11 is 0. The lowest BCUT2D eigenvalue weighted by Gasteiger charge is -2.17. The van der Waals surface area contributed by atoms with Crippen LogP contribution in [0.1, 0.15) is 27.2 Å². The molecule has 9 heavy (non-hydrogen) atoms. The van der Waals surface area contributed by atoms with Crippen molar-refractivity contribution in [1.82, 2.24) is 0 Å². The van der Waals surface area contributed by atoms with Gasteiger partial charge in [0, 0.05) is 5.70 Å². The lowest BCUT2D eigenvalue weighted by Crippen LogP contribution is -2.15. The van der Waals surface area contributed by atoms with E-state index >= 15 is 0 Å². The number of hydrogen-bond acceptors (Lipinski definition) is 1. The van der Waals surface area contributed by atoms with Gasteiger partial charge in [0.2, 0.25) is 0 Å². The third kappa shape index (κ3) is 2.54. The van der Waals surface area contributed by atoms with Crippen LogP contribution >= 0.6 is 0 Å². The minimum atomic E-state index is 0.505. The SMILES string of the molecule is C=C(N)C(CC)C(C)C. The molecule has 0 bridgehead atoms. The zero-order valence-electron chi connectivity index (χ0n) is 6.65. The van der Waals surface area contributed by atoms with Crippen molar-refractivity contribution in [2.24, 2.45) is 17.6 Å². The Morgan fingerprint density at radius 2 is 2.00 bits per heavy atom. The maximum atomic E-state index is 5.55. The van der Waals surface area contributed by atoms with Crippen molar-refractivity contribution < 1.29 is 0 Å². The topological polar surface area (TPSA) is 26.0 Å². The van der Waals surface area contributed by atoms with Crippen LogP contribution in [0, 0.1) is 11.8 Å². The van der Waals surface area contributed by atoms with Gasteiger partial charge >= 0.3 is 0 Å². The van der Waals surface area contributed by atoms with Crippen molar-refractivity contribution >= 4 is 0 Å². The predicted octanol–water partition coefficient (Wildman–Crippen LogP) is 2.14. The van der Waals surface area contributed by atoms with Gasteiger partial charge in [0.1, 0.15) is 0 Å². The van der Waals surface area contributed by atoms with Gasteiger partial charge < -0.3 is 5.73 Å². The summed E-state index contributed by atoms with van der Waals surface area (Å²) in [4.78, 5) is 0. The van der Waals surface area contributed by atoms with Crippen molar-refractivity contribution in [1.29, 1.82) is 0 Å². The first-order valence-electron chi connectivity index (χ1n) is 3.53. The molecule has 0 aliphatic heterocycles. The van der Waals surface area contributed by atoms with Crippen LogP contribution in [0.4, 0.5) is 0 Å². The molecule has 0 aromatic rings. The Labute approximate surface area is 57.9 Å². The van der Waals surface area contributed by atoms with Gasteiger partial charge in [0.15, 0.2) is 0 Å². The Balaban J connectivity index is 3.83. The average molecular weight is 127 g/mol. The van der Waals surface area contributed by atoms with Gasteiger partial charge in [-0.2, -0.15) is 0 Å². The zero-order chi connectivity index (χ0) is 7.44. The van der Waals surface area contributed by atoms with Crippen molar-refractivity contribution in [3.05, 3.63) is 12.3 Å². The highest BCUT2D eigenvalue weighted by Crippen LogP contribution is 2.18. The Morgan fingerprint density at radius 3 is 2.00 bits per heavy atom. The van der Waals surface area contributed by atoms with Crippen LogP contribution in [-0.4, -0.2) is 0 Å². The molecule has 0 aromatic heterocycles. The van der Waals surface area contributed by atoms with Crippen LogP contribution in [0.3, 0.4) is 0 Å². The fourth-order valence-electron chi connectivity index (χ4n) is 1.16. The number of nitrogens with two attached hydrogens (primary N) is 1. The normalized spacial score (nSPS) is 13.8. The molecule has 1 atom stereocenters. The molecule has 0 aromatic carbocycles. The maximum Gasteiger partial charge on any atom is 0.00414 e.